The van der Waals surface area contributed by atoms with Crippen molar-refractivity contribution in [2.24, 2.45) is 0 Å². The standard InChI is InChI=1S/C18H15FN2O2S/c1-13-12-24-18(20-13)21(15-5-3-2-4-6-15)17(22)11-23-16-9-7-14(19)8-10-16/h2-10,12H,11H2,1H3. The normalized spacial score (nSPS) is 10.4. The summed E-state index contributed by atoms with van der Waals surface area (Å²) in [5, 5.41) is 2.48. The number of thiazole rings is 1. The van der Waals surface area contributed by atoms with Gasteiger partial charge in [0, 0.05) is 5.38 Å². The molecule has 0 unspecified atom stereocenters. The molecule has 0 aliphatic rings. The molecule has 1 aromatic heterocycles. The lowest BCUT2D eigenvalue weighted by Crippen LogP contribution is -2.30. The van der Waals surface area contributed by atoms with Crippen LogP contribution in [0.5, 0.6) is 5.75 Å². The summed E-state index contributed by atoms with van der Waals surface area (Å²) in [4.78, 5) is 18.6. The smallest absolute Gasteiger partial charge is 0.271 e. The highest BCUT2D eigenvalue weighted by Crippen LogP contribution is 2.28. The summed E-state index contributed by atoms with van der Waals surface area (Å²) >= 11 is 1.39. The summed E-state index contributed by atoms with van der Waals surface area (Å²) in [6.45, 7) is 1.71. The summed E-state index contributed by atoms with van der Waals surface area (Å²) < 4.78 is 18.4. The molecule has 2 aromatic carbocycles. The molecule has 3 rings (SSSR count). The van der Waals surface area contributed by atoms with E-state index in [-0.39, 0.29) is 18.3 Å². The van der Waals surface area contributed by atoms with Crippen molar-refractivity contribution in [3.05, 3.63) is 71.5 Å². The van der Waals surface area contributed by atoms with Crippen molar-refractivity contribution in [1.29, 1.82) is 0 Å². The quantitative estimate of drug-likeness (QED) is 0.693. The fourth-order valence-corrected chi connectivity index (χ4v) is 2.96. The molecule has 4 nitrogen and oxygen atoms in total. The third-order valence-electron chi connectivity index (χ3n) is 3.24. The number of amides is 1. The van der Waals surface area contributed by atoms with E-state index >= 15 is 0 Å². The second kappa shape index (κ2) is 7.23. The average Bonchev–Trinajstić information content (AvgIpc) is 3.01. The third kappa shape index (κ3) is 3.78. The fraction of sp³-hybridized carbons (Fsp3) is 0.111. The van der Waals surface area contributed by atoms with Gasteiger partial charge in [-0.1, -0.05) is 18.2 Å². The van der Waals surface area contributed by atoms with Crippen LogP contribution in [0.3, 0.4) is 0 Å². The first-order valence-corrected chi connectivity index (χ1v) is 8.20. The monoisotopic (exact) mass is 342 g/mol. The Balaban J connectivity index is 1.80. The van der Waals surface area contributed by atoms with Gasteiger partial charge in [0.1, 0.15) is 11.6 Å². The van der Waals surface area contributed by atoms with Crippen LogP contribution in [0.1, 0.15) is 5.69 Å². The van der Waals surface area contributed by atoms with Crippen LogP contribution in [0.2, 0.25) is 0 Å². The zero-order valence-corrected chi connectivity index (χ0v) is 13.8. The minimum Gasteiger partial charge on any atom is -0.484 e. The topological polar surface area (TPSA) is 42.4 Å². The Hall–Kier alpha value is -2.73. The molecule has 6 heteroatoms. The first kappa shape index (κ1) is 16.1. The molecule has 0 saturated heterocycles. The van der Waals surface area contributed by atoms with Gasteiger partial charge in [0.2, 0.25) is 0 Å². The molecular formula is C18H15FN2O2S. The molecular weight excluding hydrogens is 327 g/mol. The van der Waals surface area contributed by atoms with E-state index in [9.17, 15) is 9.18 Å². The van der Waals surface area contributed by atoms with E-state index in [4.69, 9.17) is 4.74 Å². The number of hydrogen-bond donors (Lipinski definition) is 0. The lowest BCUT2D eigenvalue weighted by Gasteiger charge is -2.20. The van der Waals surface area contributed by atoms with Crippen LogP contribution in [0.15, 0.2) is 60.0 Å². The van der Waals surface area contributed by atoms with E-state index < -0.39 is 0 Å². The number of aromatic nitrogens is 1. The Morgan fingerprint density at radius 3 is 2.50 bits per heavy atom. The molecule has 0 fully saturated rings. The van der Waals surface area contributed by atoms with Crippen molar-refractivity contribution in [3.63, 3.8) is 0 Å². The maximum atomic E-state index is 12.9. The van der Waals surface area contributed by atoms with Crippen molar-refractivity contribution in [2.75, 3.05) is 11.5 Å². The summed E-state index contributed by atoms with van der Waals surface area (Å²) in [5.74, 6) is -0.161. The van der Waals surface area contributed by atoms with E-state index in [1.807, 2.05) is 42.6 Å². The number of rotatable bonds is 5. The van der Waals surface area contributed by atoms with Crippen LogP contribution >= 0.6 is 11.3 Å². The summed E-state index contributed by atoms with van der Waals surface area (Å²) in [5.41, 5.74) is 1.57. The number of benzene rings is 2. The highest BCUT2D eigenvalue weighted by atomic mass is 32.1. The molecule has 3 aromatic rings. The van der Waals surface area contributed by atoms with E-state index in [1.54, 1.807) is 0 Å². The number of halogens is 1. The molecule has 0 radical (unpaired) electrons. The number of anilines is 2. The summed E-state index contributed by atoms with van der Waals surface area (Å²) in [6.07, 6.45) is 0. The predicted octanol–water partition coefficient (Wildman–Crippen LogP) is 4.33. The molecule has 0 aliphatic carbocycles. The minimum atomic E-state index is -0.349. The van der Waals surface area contributed by atoms with Crippen LogP contribution in [0.4, 0.5) is 15.2 Å². The highest BCUT2D eigenvalue weighted by Gasteiger charge is 2.21. The fourth-order valence-electron chi connectivity index (χ4n) is 2.12. The van der Waals surface area contributed by atoms with Crippen LogP contribution in [0, 0.1) is 12.7 Å². The molecule has 0 aliphatic heterocycles. The highest BCUT2D eigenvalue weighted by molar-refractivity contribution is 7.14. The maximum absolute atomic E-state index is 12.9. The van der Waals surface area contributed by atoms with Crippen molar-refractivity contribution in [1.82, 2.24) is 4.98 Å². The number of ether oxygens (including phenoxy) is 1. The van der Waals surface area contributed by atoms with Crippen LogP contribution in [-0.2, 0) is 4.79 Å². The van der Waals surface area contributed by atoms with Gasteiger partial charge in [0.05, 0.1) is 11.4 Å². The SMILES string of the molecule is Cc1csc(N(C(=O)COc2ccc(F)cc2)c2ccccc2)n1. The zero-order valence-electron chi connectivity index (χ0n) is 13.0. The molecule has 0 saturated carbocycles. The number of aryl methyl sites for hydroxylation is 1. The van der Waals surface area contributed by atoms with Crippen LogP contribution < -0.4 is 9.64 Å². The number of carbonyl (C=O) groups is 1. The minimum absolute atomic E-state index is 0.168. The van der Waals surface area contributed by atoms with Gasteiger partial charge in [0.25, 0.3) is 5.91 Å². The van der Waals surface area contributed by atoms with Crippen LogP contribution in [-0.4, -0.2) is 17.5 Å². The molecule has 0 spiro atoms. The Morgan fingerprint density at radius 2 is 1.88 bits per heavy atom. The van der Waals surface area contributed by atoms with E-state index in [0.29, 0.717) is 10.9 Å². The van der Waals surface area contributed by atoms with Gasteiger partial charge in [0.15, 0.2) is 11.7 Å². The first-order chi connectivity index (χ1) is 11.6. The van der Waals surface area contributed by atoms with Gasteiger partial charge in [-0.25, -0.2) is 9.37 Å². The van der Waals surface area contributed by atoms with E-state index in [1.165, 1.54) is 40.5 Å². The van der Waals surface area contributed by atoms with E-state index in [2.05, 4.69) is 4.98 Å². The Bertz CT molecular complexity index is 819. The van der Waals surface area contributed by atoms with Crippen molar-refractivity contribution in [2.45, 2.75) is 6.92 Å². The van der Waals surface area contributed by atoms with Gasteiger partial charge in [-0.15, -0.1) is 11.3 Å². The molecule has 1 amide bonds. The van der Waals surface area contributed by atoms with Gasteiger partial charge >= 0.3 is 0 Å². The first-order valence-electron chi connectivity index (χ1n) is 7.32. The second-order valence-corrected chi connectivity index (χ2v) is 5.92. The largest absolute Gasteiger partial charge is 0.484 e. The Labute approximate surface area is 143 Å². The Morgan fingerprint density at radius 1 is 1.17 bits per heavy atom. The Kier molecular flexibility index (Phi) is 4.86. The van der Waals surface area contributed by atoms with Gasteiger partial charge in [-0.05, 0) is 43.3 Å². The molecule has 0 bridgehead atoms. The number of nitrogens with zero attached hydrogens (tertiary/aromatic N) is 2. The van der Waals surface area contributed by atoms with Crippen molar-refractivity contribution < 1.29 is 13.9 Å². The van der Waals surface area contributed by atoms with Gasteiger partial charge in [-0.2, -0.15) is 0 Å². The average molecular weight is 342 g/mol. The van der Waals surface area contributed by atoms with Crippen molar-refractivity contribution >= 4 is 28.1 Å². The van der Waals surface area contributed by atoms with Gasteiger partial charge < -0.3 is 4.74 Å². The third-order valence-corrected chi connectivity index (χ3v) is 4.18. The van der Waals surface area contributed by atoms with Gasteiger partial charge in [-0.3, -0.25) is 9.69 Å². The summed E-state index contributed by atoms with van der Waals surface area (Å²) in [7, 11) is 0. The predicted molar refractivity (Wildman–Crippen MR) is 92.3 cm³/mol. The van der Waals surface area contributed by atoms with E-state index in [0.717, 1.165) is 11.4 Å². The second-order valence-electron chi connectivity index (χ2n) is 5.08. The number of para-hydroxylation sites is 1. The zero-order chi connectivity index (χ0) is 16.9. The molecule has 0 atom stereocenters. The number of carbonyl (C=O) groups excluding carboxylic acids is 1. The summed E-state index contributed by atoms with van der Waals surface area (Å²) in [6, 6.07) is 14.8. The molecule has 1 heterocycles. The molecule has 24 heavy (non-hydrogen) atoms. The lowest BCUT2D eigenvalue weighted by atomic mass is 10.3. The maximum Gasteiger partial charge on any atom is 0.271 e. The number of hydrogen-bond acceptors (Lipinski definition) is 4. The lowest BCUT2D eigenvalue weighted by molar-refractivity contribution is -0.119. The van der Waals surface area contributed by atoms with Crippen LogP contribution in [0.25, 0.3) is 0 Å². The van der Waals surface area contributed by atoms with Crippen molar-refractivity contribution in [3.8, 4) is 5.75 Å². The molecule has 0 N–H and O–H groups in total. The molecule has 122 valence electrons.